The second-order valence-electron chi connectivity index (χ2n) is 6.61. The fourth-order valence-electron chi connectivity index (χ4n) is 2.71. The summed E-state index contributed by atoms with van der Waals surface area (Å²) < 4.78 is 2.36. The first-order chi connectivity index (χ1) is 14.7. The Balaban J connectivity index is 1.84. The Kier molecular flexibility index (Phi) is 7.24. The van der Waals surface area contributed by atoms with E-state index in [9.17, 15) is 9.59 Å². The van der Waals surface area contributed by atoms with E-state index in [1.54, 1.807) is 39.1 Å². The molecule has 0 aliphatic carbocycles. The van der Waals surface area contributed by atoms with E-state index in [1.165, 1.54) is 15.8 Å². The van der Waals surface area contributed by atoms with Gasteiger partial charge in [0.15, 0.2) is 5.82 Å². The zero-order valence-corrected chi connectivity index (χ0v) is 20.5. The smallest absolute Gasteiger partial charge is 0.266 e. The number of rotatable bonds is 6. The fourth-order valence-corrected chi connectivity index (χ4v) is 4.67. The lowest BCUT2D eigenvalue weighted by molar-refractivity contribution is 0.0816. The summed E-state index contributed by atoms with van der Waals surface area (Å²) in [6.45, 7) is 3.49. The average Bonchev–Trinajstić information content (AvgIpc) is 3.33. The zero-order chi connectivity index (χ0) is 22.7. The first-order valence-corrected chi connectivity index (χ1v) is 11.3. The van der Waals surface area contributed by atoms with E-state index in [1.807, 2.05) is 6.07 Å². The van der Waals surface area contributed by atoms with Gasteiger partial charge in [-0.3, -0.25) is 9.59 Å². The molecule has 0 saturated carbocycles. The quantitative estimate of drug-likeness (QED) is 0.359. The molecule has 0 spiro atoms. The van der Waals surface area contributed by atoms with Crippen LogP contribution in [0.3, 0.4) is 0 Å². The van der Waals surface area contributed by atoms with Gasteiger partial charge in [-0.05, 0) is 54.6 Å². The first-order valence-electron chi connectivity index (χ1n) is 8.98. The summed E-state index contributed by atoms with van der Waals surface area (Å²) in [7, 11) is 1.55. The number of hydrogen-bond acceptors (Lipinski definition) is 7. The Morgan fingerprint density at radius 2 is 2.16 bits per heavy atom. The maximum atomic E-state index is 12.7. The van der Waals surface area contributed by atoms with Gasteiger partial charge in [0.2, 0.25) is 5.13 Å². The Bertz CT molecular complexity index is 1170. The Labute approximate surface area is 201 Å². The van der Waals surface area contributed by atoms with Gasteiger partial charge in [-0.2, -0.15) is 9.94 Å². The van der Waals surface area contributed by atoms with Crippen molar-refractivity contribution in [2.45, 2.75) is 19.9 Å². The normalized spacial score (nSPS) is 11.6. The minimum atomic E-state index is -0.491. The van der Waals surface area contributed by atoms with Gasteiger partial charge < -0.3 is 10.2 Å². The minimum absolute atomic E-state index is 0.0226. The summed E-state index contributed by atoms with van der Waals surface area (Å²) in [5.41, 5.74) is 0.439. The van der Waals surface area contributed by atoms with E-state index in [-0.39, 0.29) is 18.4 Å². The maximum absolute atomic E-state index is 12.7. The molecule has 0 bridgehead atoms. The number of nitrogens with one attached hydrogen (secondary N) is 1. The van der Waals surface area contributed by atoms with Crippen LogP contribution in [-0.4, -0.2) is 50.1 Å². The molecule has 0 aliphatic rings. The van der Waals surface area contributed by atoms with Gasteiger partial charge in [0.1, 0.15) is 17.2 Å². The van der Waals surface area contributed by atoms with Crippen molar-refractivity contribution in [3.8, 4) is 11.2 Å². The van der Waals surface area contributed by atoms with Crippen LogP contribution in [0.2, 0.25) is 5.02 Å². The number of carbonyl (C=O) groups excluding carboxylic acids is 2. The highest BCUT2D eigenvalue weighted by Gasteiger charge is 2.22. The molecular weight excluding hydrogens is 553 g/mol. The molecule has 1 N–H and O–H groups in total. The van der Waals surface area contributed by atoms with Crippen LogP contribution < -0.4 is 5.32 Å². The number of aryl methyl sites for hydroxylation is 1. The highest BCUT2D eigenvalue weighted by molar-refractivity contribution is 14.1. The largest absolute Gasteiger partial charge is 0.342 e. The molecule has 9 nitrogen and oxygen atoms in total. The summed E-state index contributed by atoms with van der Waals surface area (Å²) in [6.07, 6.45) is 1.44. The summed E-state index contributed by atoms with van der Waals surface area (Å²) in [5, 5.41) is 17.0. The fraction of sp³-hybridized carbons (Fsp3) is 0.263. The Morgan fingerprint density at radius 1 is 1.42 bits per heavy atom. The number of aromatic nitrogens is 4. The third-order valence-corrected chi connectivity index (χ3v) is 5.94. The summed E-state index contributed by atoms with van der Waals surface area (Å²) in [5.74, 6) is 0.369. The van der Waals surface area contributed by atoms with Crippen LogP contribution in [0.15, 0.2) is 24.4 Å². The second-order valence-corrected chi connectivity index (χ2v) is 9.30. The first kappa shape index (κ1) is 23.1. The highest BCUT2D eigenvalue weighted by Crippen LogP contribution is 2.23. The van der Waals surface area contributed by atoms with E-state index < -0.39 is 6.04 Å². The molecule has 1 atom stereocenters. The number of hydrogen-bond donors (Lipinski definition) is 1. The maximum Gasteiger partial charge on any atom is 0.266 e. The van der Waals surface area contributed by atoms with Gasteiger partial charge >= 0.3 is 0 Å². The molecule has 0 radical (unpaired) electrons. The van der Waals surface area contributed by atoms with Crippen LogP contribution in [0.4, 0.5) is 0 Å². The molecule has 0 fully saturated rings. The predicted octanol–water partition coefficient (Wildman–Crippen LogP) is 3.38. The number of thiazole rings is 1. The van der Waals surface area contributed by atoms with Crippen molar-refractivity contribution in [1.29, 1.82) is 5.26 Å². The highest BCUT2D eigenvalue weighted by atomic mass is 127. The van der Waals surface area contributed by atoms with Crippen LogP contribution in [-0.2, 0) is 0 Å². The summed E-state index contributed by atoms with van der Waals surface area (Å²) in [6, 6.07) is 6.54. The van der Waals surface area contributed by atoms with E-state index in [2.05, 4.69) is 43.0 Å². The number of nitrogens with zero attached hydrogens (tertiary/aromatic N) is 6. The van der Waals surface area contributed by atoms with Gasteiger partial charge in [-0.15, -0.1) is 5.10 Å². The average molecular weight is 570 g/mol. The molecule has 3 rings (SSSR count). The molecule has 160 valence electrons. The minimum Gasteiger partial charge on any atom is -0.342 e. The predicted molar refractivity (Wildman–Crippen MR) is 124 cm³/mol. The standard InChI is InChI=1S/C19H17ClIN7O2S/c1-10(24-17(29)12-6-13(20)8-14(21)7-12)16-25-11(2)26-28(16)19-23-9-15(31-19)18(30)27(3)5-4-22/h6-10H,5H2,1-3H3,(H,24,29)/t10-/m0/s1. The van der Waals surface area contributed by atoms with Gasteiger partial charge in [-0.25, -0.2) is 9.97 Å². The molecule has 2 aromatic heterocycles. The van der Waals surface area contributed by atoms with Crippen molar-refractivity contribution in [3.05, 3.63) is 55.1 Å². The van der Waals surface area contributed by atoms with Crippen LogP contribution in [0, 0.1) is 21.8 Å². The Hall–Kier alpha value is -2.56. The number of carbonyl (C=O) groups is 2. The summed E-state index contributed by atoms with van der Waals surface area (Å²) in [4.78, 5) is 35.5. The van der Waals surface area contributed by atoms with Crippen LogP contribution in [0.5, 0.6) is 0 Å². The van der Waals surface area contributed by atoms with Gasteiger partial charge in [0.25, 0.3) is 11.8 Å². The van der Waals surface area contributed by atoms with Crippen molar-refractivity contribution >= 4 is 57.3 Å². The number of benzene rings is 1. The molecule has 3 aromatic rings. The lowest BCUT2D eigenvalue weighted by Gasteiger charge is -2.14. The molecule has 0 unspecified atom stereocenters. The van der Waals surface area contributed by atoms with Gasteiger partial charge in [0, 0.05) is 21.2 Å². The van der Waals surface area contributed by atoms with Crippen molar-refractivity contribution in [2.75, 3.05) is 13.6 Å². The van der Waals surface area contributed by atoms with E-state index in [0.717, 1.165) is 14.9 Å². The van der Waals surface area contributed by atoms with Crippen molar-refractivity contribution in [2.24, 2.45) is 0 Å². The lowest BCUT2D eigenvalue weighted by Crippen LogP contribution is -2.28. The molecule has 1 aromatic carbocycles. The molecule has 2 amide bonds. The van der Waals surface area contributed by atoms with Crippen molar-refractivity contribution in [3.63, 3.8) is 0 Å². The molecule has 31 heavy (non-hydrogen) atoms. The number of halogens is 2. The summed E-state index contributed by atoms with van der Waals surface area (Å²) >= 11 is 9.29. The van der Waals surface area contributed by atoms with Crippen LogP contribution >= 0.6 is 45.5 Å². The third-order valence-electron chi connectivity index (χ3n) is 4.14. The van der Waals surface area contributed by atoms with Crippen LogP contribution in [0.1, 0.15) is 44.6 Å². The van der Waals surface area contributed by atoms with Gasteiger partial charge in [0.05, 0.1) is 18.3 Å². The molecule has 12 heteroatoms. The third kappa shape index (κ3) is 5.38. The van der Waals surface area contributed by atoms with E-state index >= 15 is 0 Å². The second kappa shape index (κ2) is 9.71. The van der Waals surface area contributed by atoms with Crippen molar-refractivity contribution < 1.29 is 9.59 Å². The molecule has 2 heterocycles. The van der Waals surface area contributed by atoms with Crippen LogP contribution in [0.25, 0.3) is 5.13 Å². The SMILES string of the molecule is Cc1nc([C@H](C)NC(=O)c2cc(Cl)cc(I)c2)n(-c2ncc(C(=O)N(C)CC#N)s2)n1. The van der Waals surface area contributed by atoms with Crippen molar-refractivity contribution in [1.82, 2.24) is 30.0 Å². The topological polar surface area (TPSA) is 117 Å². The molecule has 0 aliphatic heterocycles. The van der Waals surface area contributed by atoms with E-state index in [4.69, 9.17) is 16.9 Å². The lowest BCUT2D eigenvalue weighted by atomic mass is 10.2. The Morgan fingerprint density at radius 3 is 2.84 bits per heavy atom. The van der Waals surface area contributed by atoms with E-state index in [0.29, 0.717) is 32.2 Å². The monoisotopic (exact) mass is 569 g/mol. The van der Waals surface area contributed by atoms with Gasteiger partial charge in [-0.1, -0.05) is 22.9 Å². The number of amides is 2. The number of nitriles is 1. The molecular formula is C19H17ClIN7O2S. The zero-order valence-electron chi connectivity index (χ0n) is 16.8. The molecule has 0 saturated heterocycles.